The lowest BCUT2D eigenvalue weighted by Crippen LogP contribution is -2.59. The minimum Gasteiger partial charge on any atom is -0.508 e. The standard InChI is InChI=1S/C43H43N5O10S2/c49-32-16-10-28(11-17-32)23-37-41(52)46-35(40(51)44-26-60(55,56)57)21-29-12-18-33(19-13-29)58-25-39(50)45-38(24-34-7-4-20-59-34)43(54)48-36(42(53)47-37)22-27-8-14-31(15-9-27)30-5-2-1-3-6-30/h1-20,35-38,49H,21-26H2,(H,44,51)(H,45,50)(H,46,52)(H,47,53)(H,48,54)(H,55,56,57). The highest BCUT2D eigenvalue weighted by Gasteiger charge is 2.33. The van der Waals surface area contributed by atoms with E-state index in [1.807, 2.05) is 72.1 Å². The zero-order valence-electron chi connectivity index (χ0n) is 32.1. The summed E-state index contributed by atoms with van der Waals surface area (Å²) in [5, 5.41) is 24.8. The van der Waals surface area contributed by atoms with Gasteiger partial charge in [0.25, 0.3) is 16.0 Å². The second-order valence-corrected chi connectivity index (χ2v) is 16.6. The van der Waals surface area contributed by atoms with Gasteiger partial charge in [-0.05, 0) is 63.5 Å². The Kier molecular flexibility index (Phi) is 14.3. The van der Waals surface area contributed by atoms with Crippen molar-refractivity contribution in [3.63, 3.8) is 0 Å². The molecule has 5 amide bonds. The molecule has 0 fully saturated rings. The molecule has 15 nitrogen and oxygen atoms in total. The van der Waals surface area contributed by atoms with Crippen LogP contribution in [0.2, 0.25) is 0 Å². The zero-order valence-corrected chi connectivity index (χ0v) is 33.7. The van der Waals surface area contributed by atoms with Gasteiger partial charge in [-0.15, -0.1) is 11.3 Å². The SMILES string of the molecule is O=C1COc2ccc(cc2)CC(C(=O)NCS(=O)(=O)O)NC(=O)C(Cc2ccc(O)cc2)NC(=O)C(Cc2ccc(-c3ccccc3)cc2)NC(=O)C(Cc2cccs2)N1. The summed E-state index contributed by atoms with van der Waals surface area (Å²) >= 11 is 1.39. The Balaban J connectivity index is 1.36. The van der Waals surface area contributed by atoms with E-state index >= 15 is 0 Å². The summed E-state index contributed by atoms with van der Waals surface area (Å²) in [7, 11) is -4.63. The van der Waals surface area contributed by atoms with Crippen LogP contribution < -0.4 is 31.3 Å². The molecule has 3 heterocycles. The molecule has 4 unspecified atom stereocenters. The van der Waals surface area contributed by atoms with Crippen molar-refractivity contribution in [1.82, 2.24) is 26.6 Å². The van der Waals surface area contributed by atoms with Crippen molar-refractivity contribution in [2.24, 2.45) is 0 Å². The molecule has 0 aliphatic carbocycles. The van der Waals surface area contributed by atoms with Crippen LogP contribution in [0.15, 0.2) is 121 Å². The average molecular weight is 854 g/mol. The number of hydrogen-bond donors (Lipinski definition) is 7. The smallest absolute Gasteiger partial charge is 0.283 e. The topological polar surface area (TPSA) is 229 Å². The van der Waals surface area contributed by atoms with E-state index in [-0.39, 0.29) is 37.2 Å². The molecular formula is C43H43N5O10S2. The monoisotopic (exact) mass is 853 g/mol. The number of carbonyl (C=O) groups excluding carboxylic acids is 5. The second kappa shape index (κ2) is 19.9. The molecule has 7 N–H and O–H groups in total. The van der Waals surface area contributed by atoms with Crippen molar-refractivity contribution >= 4 is 51.0 Å². The molecular weight excluding hydrogens is 811 g/mol. The number of hydrogen-bond acceptors (Lipinski definition) is 10. The van der Waals surface area contributed by atoms with E-state index in [1.54, 1.807) is 24.3 Å². The van der Waals surface area contributed by atoms with Gasteiger partial charge in [-0.3, -0.25) is 28.5 Å². The van der Waals surface area contributed by atoms with Gasteiger partial charge in [0.05, 0.1) is 0 Å². The lowest BCUT2D eigenvalue weighted by Gasteiger charge is -2.27. The summed E-state index contributed by atoms with van der Waals surface area (Å²) in [6.45, 7) is -0.457. The maximum atomic E-state index is 14.5. The molecule has 0 saturated carbocycles. The van der Waals surface area contributed by atoms with Crippen molar-refractivity contribution < 1.29 is 46.8 Å². The Morgan fingerprint density at radius 1 is 0.683 bits per heavy atom. The first-order valence-corrected chi connectivity index (χ1v) is 21.4. The number of fused-ring (bicyclic) bond motifs is 16. The first-order valence-electron chi connectivity index (χ1n) is 18.9. The van der Waals surface area contributed by atoms with E-state index in [9.17, 15) is 42.0 Å². The molecule has 2 aliphatic heterocycles. The van der Waals surface area contributed by atoms with Gasteiger partial charge < -0.3 is 36.4 Å². The van der Waals surface area contributed by atoms with Crippen molar-refractivity contribution in [3.05, 3.63) is 142 Å². The first kappa shape index (κ1) is 43.0. The van der Waals surface area contributed by atoms with Crippen LogP contribution in [0.5, 0.6) is 11.5 Å². The summed E-state index contributed by atoms with van der Waals surface area (Å²) in [5.74, 6) is -4.70. The Morgan fingerprint density at radius 3 is 1.83 bits per heavy atom. The Bertz CT molecular complexity index is 2380. The van der Waals surface area contributed by atoms with Crippen LogP contribution in [0.4, 0.5) is 0 Å². The number of nitrogens with one attached hydrogen (secondary N) is 5. The van der Waals surface area contributed by atoms with Gasteiger partial charge in [0.1, 0.15) is 41.5 Å². The van der Waals surface area contributed by atoms with E-state index in [1.165, 1.54) is 35.6 Å². The van der Waals surface area contributed by atoms with Gasteiger partial charge in [0, 0.05) is 30.6 Å². The van der Waals surface area contributed by atoms with Crippen LogP contribution in [0.25, 0.3) is 11.1 Å². The maximum absolute atomic E-state index is 14.5. The molecule has 7 rings (SSSR count). The summed E-state index contributed by atoms with van der Waals surface area (Å²) in [5.41, 5.74) is 3.58. The fourth-order valence-electron chi connectivity index (χ4n) is 6.48. The van der Waals surface area contributed by atoms with Gasteiger partial charge in [-0.1, -0.05) is 84.9 Å². The second-order valence-electron chi connectivity index (χ2n) is 14.1. The lowest BCUT2D eigenvalue weighted by atomic mass is 9.99. The molecule has 2 aliphatic rings. The van der Waals surface area contributed by atoms with Crippen LogP contribution in [-0.2, 0) is 59.8 Å². The largest absolute Gasteiger partial charge is 0.508 e. The van der Waals surface area contributed by atoms with E-state index in [4.69, 9.17) is 4.74 Å². The van der Waals surface area contributed by atoms with E-state index in [0.29, 0.717) is 16.7 Å². The number of aromatic hydroxyl groups is 1. The quantitative estimate of drug-likeness (QED) is 0.0803. The normalized spacial score (nSPS) is 19.3. The number of carbonyl (C=O) groups is 5. The van der Waals surface area contributed by atoms with Crippen LogP contribution >= 0.6 is 11.3 Å². The first-order chi connectivity index (χ1) is 28.8. The van der Waals surface area contributed by atoms with Crippen LogP contribution in [0.1, 0.15) is 21.6 Å². The number of thiophene rings is 1. The highest BCUT2D eigenvalue weighted by Crippen LogP contribution is 2.21. The van der Waals surface area contributed by atoms with Gasteiger partial charge in [0.15, 0.2) is 6.61 Å². The van der Waals surface area contributed by atoms with Gasteiger partial charge in [0.2, 0.25) is 23.6 Å². The number of ether oxygens (including phenoxy) is 1. The molecule has 1 aromatic heterocycles. The van der Waals surface area contributed by atoms with E-state index in [0.717, 1.165) is 16.0 Å². The number of benzene rings is 4. The van der Waals surface area contributed by atoms with Gasteiger partial charge in [-0.25, -0.2) is 0 Å². The van der Waals surface area contributed by atoms with Crippen molar-refractivity contribution in [2.45, 2.75) is 49.9 Å². The van der Waals surface area contributed by atoms with Crippen molar-refractivity contribution in [1.29, 1.82) is 0 Å². The predicted molar refractivity (Wildman–Crippen MR) is 223 cm³/mol. The predicted octanol–water partition coefficient (Wildman–Crippen LogP) is 2.68. The minimum atomic E-state index is -4.63. The third kappa shape index (κ3) is 12.7. The highest BCUT2D eigenvalue weighted by molar-refractivity contribution is 7.85. The summed E-state index contributed by atoms with van der Waals surface area (Å²) in [4.78, 5) is 70.3. The molecule has 5 aromatic rings. The third-order valence-electron chi connectivity index (χ3n) is 9.58. The maximum Gasteiger partial charge on any atom is 0.283 e. The molecule has 17 heteroatoms. The van der Waals surface area contributed by atoms with Crippen molar-refractivity contribution in [3.8, 4) is 22.6 Å². The van der Waals surface area contributed by atoms with Crippen LogP contribution in [0, 0.1) is 0 Å². The van der Waals surface area contributed by atoms with E-state index < -0.39 is 76.3 Å². The molecule has 0 spiro atoms. The molecule has 4 aromatic carbocycles. The molecule has 312 valence electrons. The Hall–Kier alpha value is -6.56. The summed E-state index contributed by atoms with van der Waals surface area (Å²) < 4.78 is 38.0. The fourth-order valence-corrected chi connectivity index (χ4v) is 7.56. The average Bonchev–Trinajstić information content (AvgIpc) is 3.75. The Morgan fingerprint density at radius 2 is 1.25 bits per heavy atom. The molecule has 2 bridgehead atoms. The van der Waals surface area contributed by atoms with Crippen LogP contribution in [0.3, 0.4) is 0 Å². The number of amides is 5. The lowest BCUT2D eigenvalue weighted by molar-refractivity contribution is -0.134. The number of phenols is 1. The molecule has 4 atom stereocenters. The highest BCUT2D eigenvalue weighted by atomic mass is 32.2. The fraction of sp³-hybridized carbons (Fsp3) is 0.233. The molecule has 0 saturated heterocycles. The summed E-state index contributed by atoms with van der Waals surface area (Å²) in [6.07, 6.45) is -0.215. The summed E-state index contributed by atoms with van der Waals surface area (Å²) in [6, 6.07) is 27.6. The third-order valence-corrected chi connectivity index (χ3v) is 11.0. The molecule has 60 heavy (non-hydrogen) atoms. The molecule has 0 radical (unpaired) electrons. The van der Waals surface area contributed by atoms with Gasteiger partial charge >= 0.3 is 0 Å². The van der Waals surface area contributed by atoms with Gasteiger partial charge in [-0.2, -0.15) is 8.42 Å². The van der Waals surface area contributed by atoms with Crippen LogP contribution in [-0.4, -0.2) is 84.3 Å². The Labute approximate surface area is 350 Å². The zero-order chi connectivity index (χ0) is 42.6. The number of rotatable bonds is 10. The van der Waals surface area contributed by atoms with E-state index in [2.05, 4.69) is 26.6 Å². The van der Waals surface area contributed by atoms with Crippen molar-refractivity contribution in [2.75, 3.05) is 12.5 Å². The number of phenolic OH excluding ortho intramolecular Hbond substituents is 1. The minimum absolute atomic E-state index is 0.0301.